The van der Waals surface area contributed by atoms with Gasteiger partial charge in [-0.25, -0.2) is 0 Å². The molecule has 5 heterocycles. The van der Waals surface area contributed by atoms with E-state index in [-0.39, 0.29) is 35.1 Å². The zero-order valence-electron chi connectivity index (χ0n) is 25.4. The number of rotatable bonds is 4. The summed E-state index contributed by atoms with van der Waals surface area (Å²) in [4.78, 5) is 4.13. The molecule has 0 aliphatic carbocycles. The molecule has 0 atom stereocenters. The Morgan fingerprint density at radius 1 is 0.868 bits per heavy atom. The van der Waals surface area contributed by atoms with E-state index in [1.165, 1.54) is 0 Å². The van der Waals surface area contributed by atoms with E-state index in [9.17, 15) is 5.11 Å². The number of aromatic nitrogens is 2. The first-order valence-electron chi connectivity index (χ1n) is 13.4. The fourth-order valence-electron chi connectivity index (χ4n) is 3.61. The molecule has 5 rings (SSSR count). The van der Waals surface area contributed by atoms with E-state index < -0.39 is 12.7 Å². The lowest BCUT2D eigenvalue weighted by Gasteiger charge is -2.32. The second-order valence-corrected chi connectivity index (χ2v) is 13.7. The van der Waals surface area contributed by atoms with Crippen molar-refractivity contribution in [1.82, 2.24) is 9.78 Å². The normalized spacial score (nSPS) is 25.3. The molecule has 0 unspecified atom stereocenters. The quantitative estimate of drug-likeness (QED) is 0.470. The van der Waals surface area contributed by atoms with Crippen LogP contribution in [0.4, 0.5) is 0 Å². The van der Waals surface area contributed by atoms with E-state index in [0.717, 1.165) is 24.1 Å². The van der Waals surface area contributed by atoms with Gasteiger partial charge in [-0.1, -0.05) is 6.08 Å². The highest BCUT2D eigenvalue weighted by atomic mass is 16.7. The Morgan fingerprint density at radius 2 is 1.32 bits per heavy atom. The van der Waals surface area contributed by atoms with Gasteiger partial charge in [0.2, 0.25) is 0 Å². The van der Waals surface area contributed by atoms with Gasteiger partial charge in [-0.2, -0.15) is 5.10 Å². The van der Waals surface area contributed by atoms with Gasteiger partial charge >= 0.3 is 14.2 Å². The first kappa shape index (κ1) is 31.0. The van der Waals surface area contributed by atoms with Gasteiger partial charge in [0, 0.05) is 24.1 Å². The summed E-state index contributed by atoms with van der Waals surface area (Å²) in [5.74, 6) is 0. The Hall–Kier alpha value is -1.49. The molecule has 0 bridgehead atoms. The minimum atomic E-state index is -0.792. The van der Waals surface area contributed by atoms with Crippen molar-refractivity contribution in [2.45, 2.75) is 123 Å². The van der Waals surface area contributed by atoms with Gasteiger partial charge in [0.05, 0.1) is 53.3 Å². The van der Waals surface area contributed by atoms with Crippen LogP contribution in [0, 0.1) is 0 Å². The monoisotopic (exact) mass is 531 g/mol. The fourth-order valence-corrected chi connectivity index (χ4v) is 3.61. The molecule has 0 radical (unpaired) electrons. The summed E-state index contributed by atoms with van der Waals surface area (Å²) in [6, 6.07) is 0. The van der Waals surface area contributed by atoms with E-state index in [0.29, 0.717) is 6.54 Å². The van der Waals surface area contributed by atoms with Crippen LogP contribution in [-0.2, 0) is 29.9 Å². The molecule has 11 heteroatoms. The average Bonchev–Trinajstić information content (AvgIpc) is 3.18. The molecule has 38 heavy (non-hydrogen) atoms. The summed E-state index contributed by atoms with van der Waals surface area (Å²) < 4.78 is 30.2. The molecule has 212 valence electrons. The summed E-state index contributed by atoms with van der Waals surface area (Å²) in [7, 11) is -0.646. The first-order valence-corrected chi connectivity index (χ1v) is 13.4. The minimum Gasteiger partial charge on any atom is -0.399 e. The second-order valence-electron chi connectivity index (χ2n) is 13.7. The average molecular weight is 531 g/mol. The number of aliphatic imine (C=N–C) groups is 1. The number of hydrogen-bond donors (Lipinski definition) is 1. The maximum atomic E-state index is 9.79. The number of hydrogen-bond acceptors (Lipinski definition) is 8. The third-order valence-electron chi connectivity index (χ3n) is 7.65. The summed E-state index contributed by atoms with van der Waals surface area (Å²) in [5, 5.41) is 14.0. The van der Waals surface area contributed by atoms with Gasteiger partial charge < -0.3 is 28.5 Å². The lowest BCUT2D eigenvalue weighted by Crippen LogP contribution is -2.41. The van der Waals surface area contributed by atoms with E-state index in [1.54, 1.807) is 24.7 Å². The Labute approximate surface area is 229 Å². The molecule has 3 saturated heterocycles. The van der Waals surface area contributed by atoms with Crippen LogP contribution in [0.5, 0.6) is 0 Å². The van der Waals surface area contributed by atoms with Crippen LogP contribution in [0.1, 0.15) is 83.1 Å². The highest BCUT2D eigenvalue weighted by Crippen LogP contribution is 2.38. The van der Waals surface area contributed by atoms with Crippen molar-refractivity contribution in [3.63, 3.8) is 0 Å². The van der Waals surface area contributed by atoms with Crippen molar-refractivity contribution in [2.75, 3.05) is 13.2 Å². The first-order chi connectivity index (χ1) is 17.1. The van der Waals surface area contributed by atoms with Gasteiger partial charge in [-0.3, -0.25) is 9.67 Å². The molecule has 4 aliphatic rings. The summed E-state index contributed by atoms with van der Waals surface area (Å²) in [5.41, 5.74) is 0.168. The van der Waals surface area contributed by atoms with Gasteiger partial charge in [-0.15, -0.1) is 0 Å². The smallest absolute Gasteiger partial charge is 0.399 e. The molecule has 0 saturated carbocycles. The van der Waals surface area contributed by atoms with Crippen LogP contribution in [-0.4, -0.2) is 82.1 Å². The predicted octanol–water partition coefficient (Wildman–Crippen LogP) is 3.38. The number of aliphatic hydroxyl groups is 1. The van der Waals surface area contributed by atoms with Crippen molar-refractivity contribution in [1.29, 1.82) is 0 Å². The van der Waals surface area contributed by atoms with Crippen LogP contribution < -0.4 is 5.46 Å². The lowest BCUT2D eigenvalue weighted by molar-refractivity contribution is 0.00578. The van der Waals surface area contributed by atoms with Crippen molar-refractivity contribution >= 4 is 25.9 Å². The van der Waals surface area contributed by atoms with Crippen LogP contribution in [0.25, 0.3) is 0 Å². The zero-order valence-corrected chi connectivity index (χ0v) is 25.4. The summed E-state index contributed by atoms with van der Waals surface area (Å²) in [6.45, 7) is 26.1. The predicted molar refractivity (Wildman–Crippen MR) is 152 cm³/mol. The standard InChI is InChI=1S/C13H23BN2O3.C10H16BNO2.C4H8O/c1-11(2,17)9-16-8-10(7-15-16)14-18-12(3,4)13(5,6)19-14;1-9(2)10(3,4)14-11(13-9)8-5-6-12-7-8;1-4(2)3-5-4/h7-8,17H,9H2,1-6H3;5,7H,6H2,1-4H3;3H2,1-2H3. The third-order valence-corrected chi connectivity index (χ3v) is 7.65. The van der Waals surface area contributed by atoms with E-state index in [4.69, 9.17) is 23.4 Å². The highest BCUT2D eigenvalue weighted by Gasteiger charge is 2.53. The van der Waals surface area contributed by atoms with Crippen molar-refractivity contribution in [3.8, 4) is 0 Å². The van der Waals surface area contributed by atoms with Crippen molar-refractivity contribution in [3.05, 3.63) is 23.9 Å². The lowest BCUT2D eigenvalue weighted by atomic mass is 9.79. The number of nitrogens with zero attached hydrogens (tertiary/aromatic N) is 3. The van der Waals surface area contributed by atoms with Crippen LogP contribution >= 0.6 is 0 Å². The third kappa shape index (κ3) is 7.79. The van der Waals surface area contributed by atoms with Crippen molar-refractivity contribution < 1.29 is 28.5 Å². The molecule has 0 amide bonds. The molecule has 1 N–H and O–H groups in total. The molecule has 3 fully saturated rings. The van der Waals surface area contributed by atoms with Gasteiger partial charge in [0.25, 0.3) is 0 Å². The molecular formula is C27H47B2N3O6. The number of epoxide rings is 1. The molecule has 1 aromatic heterocycles. The van der Waals surface area contributed by atoms with Crippen LogP contribution in [0.3, 0.4) is 0 Å². The van der Waals surface area contributed by atoms with Gasteiger partial charge in [0.1, 0.15) is 0 Å². The summed E-state index contributed by atoms with van der Waals surface area (Å²) in [6.07, 6.45) is 7.47. The summed E-state index contributed by atoms with van der Waals surface area (Å²) >= 11 is 0. The Kier molecular flexibility index (Phi) is 8.57. The maximum absolute atomic E-state index is 9.79. The molecule has 9 nitrogen and oxygen atoms in total. The van der Waals surface area contributed by atoms with Crippen LogP contribution in [0.15, 0.2) is 28.9 Å². The maximum Gasteiger partial charge on any atom is 0.498 e. The van der Waals surface area contributed by atoms with Gasteiger partial charge in [-0.05, 0) is 88.6 Å². The van der Waals surface area contributed by atoms with E-state index >= 15 is 0 Å². The molecule has 1 aromatic rings. The number of allylic oxidation sites excluding steroid dienone is 1. The molecule has 0 aromatic carbocycles. The molecule has 4 aliphatic heterocycles. The second kappa shape index (κ2) is 10.5. The zero-order chi connectivity index (χ0) is 28.8. The highest BCUT2D eigenvalue weighted by molar-refractivity contribution is 6.62. The van der Waals surface area contributed by atoms with E-state index in [2.05, 4.69) is 51.6 Å². The Bertz CT molecular complexity index is 1000. The Morgan fingerprint density at radius 3 is 1.68 bits per heavy atom. The number of ether oxygens (including phenoxy) is 1. The van der Waals surface area contributed by atoms with Gasteiger partial charge in [0.15, 0.2) is 0 Å². The largest absolute Gasteiger partial charge is 0.498 e. The fraction of sp³-hybridized carbons (Fsp3) is 0.778. The molecule has 0 spiro atoms. The SMILES string of the molecule is CC(C)(O)Cn1cc(B2OC(C)(C)C(C)(C)O2)cn1.CC1(C)CO1.CC1(C)OB(C2=CCN=C2)OC1(C)C. The molecular weight excluding hydrogens is 484 g/mol. The topological polar surface area (TPSA) is 99.9 Å². The van der Waals surface area contributed by atoms with Crippen molar-refractivity contribution in [2.24, 2.45) is 4.99 Å². The minimum absolute atomic E-state index is 0.244. The van der Waals surface area contributed by atoms with E-state index in [1.807, 2.05) is 46.2 Å². The Balaban J connectivity index is 0.000000183. The van der Waals surface area contributed by atoms with Crippen LogP contribution in [0.2, 0.25) is 0 Å².